The summed E-state index contributed by atoms with van der Waals surface area (Å²) in [4.78, 5) is 24.0. The zero-order chi connectivity index (χ0) is 12.1. The Labute approximate surface area is 93.1 Å². The monoisotopic (exact) mass is 226 g/mol. The molecule has 88 valence electrons. The fraction of sp³-hybridized carbons (Fsp3) is 0.500. The molecule has 0 spiro atoms. The maximum atomic E-state index is 11.7. The van der Waals surface area contributed by atoms with Crippen molar-refractivity contribution in [3.05, 3.63) is 17.5 Å². The van der Waals surface area contributed by atoms with Crippen LogP contribution in [0, 0.1) is 6.92 Å². The van der Waals surface area contributed by atoms with Gasteiger partial charge in [0.2, 0.25) is 5.76 Å². The minimum Gasteiger partial charge on any atom is -0.465 e. The third-order valence-electron chi connectivity index (χ3n) is 1.86. The van der Waals surface area contributed by atoms with E-state index in [4.69, 9.17) is 9.26 Å². The minimum absolute atomic E-state index is 0.105. The average molecular weight is 226 g/mol. The van der Waals surface area contributed by atoms with E-state index in [0.29, 0.717) is 12.3 Å². The van der Waals surface area contributed by atoms with Crippen molar-refractivity contribution >= 4 is 11.9 Å². The minimum atomic E-state index is -0.449. The van der Waals surface area contributed by atoms with Gasteiger partial charge in [-0.25, -0.2) is 0 Å². The summed E-state index contributed by atoms with van der Waals surface area (Å²) in [6, 6.07) is 1.52. The Hall–Kier alpha value is -1.85. The Morgan fingerprint density at radius 1 is 1.56 bits per heavy atom. The molecule has 1 amide bonds. The number of nitrogens with zero attached hydrogens (tertiary/aromatic N) is 2. The summed E-state index contributed by atoms with van der Waals surface area (Å²) in [6.07, 6.45) is 0. The van der Waals surface area contributed by atoms with Crippen LogP contribution >= 0.6 is 0 Å². The second-order valence-corrected chi connectivity index (χ2v) is 3.30. The summed E-state index contributed by atoms with van der Waals surface area (Å²) in [5, 5.41) is 3.60. The number of likely N-dealkylation sites (N-methyl/N-ethyl adjacent to an activating group) is 1. The van der Waals surface area contributed by atoms with Crippen LogP contribution < -0.4 is 0 Å². The lowest BCUT2D eigenvalue weighted by atomic mass is 10.3. The molecule has 0 fully saturated rings. The fourth-order valence-electron chi connectivity index (χ4n) is 1.12. The Bertz CT molecular complexity index is 386. The summed E-state index contributed by atoms with van der Waals surface area (Å²) in [5.74, 6) is -0.729. The van der Waals surface area contributed by atoms with Crippen LogP contribution in [0.1, 0.15) is 23.2 Å². The third-order valence-corrected chi connectivity index (χ3v) is 1.86. The largest absolute Gasteiger partial charge is 0.465 e. The summed E-state index contributed by atoms with van der Waals surface area (Å²) >= 11 is 0. The van der Waals surface area contributed by atoms with Gasteiger partial charge in [0.05, 0.1) is 12.3 Å². The van der Waals surface area contributed by atoms with Crippen LogP contribution in [0.15, 0.2) is 10.6 Å². The van der Waals surface area contributed by atoms with Gasteiger partial charge in [-0.05, 0) is 13.8 Å². The topological polar surface area (TPSA) is 72.6 Å². The number of rotatable bonds is 4. The number of esters is 1. The van der Waals surface area contributed by atoms with E-state index in [0.717, 1.165) is 0 Å². The highest BCUT2D eigenvalue weighted by molar-refractivity contribution is 5.93. The fourth-order valence-corrected chi connectivity index (χ4v) is 1.12. The first-order valence-corrected chi connectivity index (χ1v) is 4.89. The Morgan fingerprint density at radius 2 is 2.25 bits per heavy atom. The van der Waals surface area contributed by atoms with E-state index in [2.05, 4.69) is 5.16 Å². The molecule has 16 heavy (non-hydrogen) atoms. The smallest absolute Gasteiger partial charge is 0.325 e. The van der Waals surface area contributed by atoms with Crippen molar-refractivity contribution in [1.82, 2.24) is 10.1 Å². The van der Waals surface area contributed by atoms with Gasteiger partial charge in [-0.3, -0.25) is 9.59 Å². The molecule has 6 heteroatoms. The lowest BCUT2D eigenvalue weighted by molar-refractivity contribution is -0.143. The average Bonchev–Trinajstić information content (AvgIpc) is 2.64. The highest BCUT2D eigenvalue weighted by Crippen LogP contribution is 2.05. The van der Waals surface area contributed by atoms with Crippen molar-refractivity contribution < 1.29 is 18.8 Å². The second kappa shape index (κ2) is 5.29. The van der Waals surface area contributed by atoms with Gasteiger partial charge in [0.15, 0.2) is 0 Å². The van der Waals surface area contributed by atoms with E-state index >= 15 is 0 Å². The Kier molecular flexibility index (Phi) is 4.04. The van der Waals surface area contributed by atoms with Crippen molar-refractivity contribution in [2.75, 3.05) is 20.2 Å². The predicted molar refractivity (Wildman–Crippen MR) is 54.8 cm³/mol. The number of aromatic nitrogens is 1. The lowest BCUT2D eigenvalue weighted by Gasteiger charge is -2.13. The molecule has 1 aromatic rings. The van der Waals surface area contributed by atoms with Gasteiger partial charge < -0.3 is 14.2 Å². The molecule has 0 atom stereocenters. The highest BCUT2D eigenvalue weighted by Gasteiger charge is 2.19. The Balaban J connectivity index is 2.57. The number of carbonyl (C=O) groups is 2. The van der Waals surface area contributed by atoms with E-state index in [1.165, 1.54) is 18.0 Å². The van der Waals surface area contributed by atoms with E-state index in [9.17, 15) is 9.59 Å². The first kappa shape index (κ1) is 12.2. The second-order valence-electron chi connectivity index (χ2n) is 3.30. The van der Waals surface area contributed by atoms with Crippen LogP contribution in [-0.2, 0) is 9.53 Å². The molecule has 6 nitrogen and oxygen atoms in total. The number of aryl methyl sites for hydroxylation is 1. The van der Waals surface area contributed by atoms with E-state index in [-0.39, 0.29) is 12.3 Å². The number of ether oxygens (including phenoxy) is 1. The van der Waals surface area contributed by atoms with Gasteiger partial charge in [0, 0.05) is 13.1 Å². The van der Waals surface area contributed by atoms with Crippen molar-refractivity contribution in [3.63, 3.8) is 0 Å². The van der Waals surface area contributed by atoms with E-state index in [1.54, 1.807) is 13.8 Å². The van der Waals surface area contributed by atoms with Crippen LogP contribution in [-0.4, -0.2) is 42.1 Å². The quantitative estimate of drug-likeness (QED) is 0.703. The zero-order valence-electron chi connectivity index (χ0n) is 9.52. The van der Waals surface area contributed by atoms with Gasteiger partial charge >= 0.3 is 5.97 Å². The highest BCUT2D eigenvalue weighted by atomic mass is 16.5. The molecular weight excluding hydrogens is 212 g/mol. The molecule has 0 aliphatic rings. The standard InChI is InChI=1S/C10H14N2O4/c1-4-15-9(13)6-12(3)10(14)8-5-7(2)11-16-8/h5H,4,6H2,1-3H3. The molecule has 0 aromatic carbocycles. The molecular formula is C10H14N2O4. The maximum absolute atomic E-state index is 11.7. The van der Waals surface area contributed by atoms with Crippen molar-refractivity contribution in [2.24, 2.45) is 0 Å². The van der Waals surface area contributed by atoms with Crippen LogP contribution in [0.5, 0.6) is 0 Å². The van der Waals surface area contributed by atoms with E-state index < -0.39 is 11.9 Å². The predicted octanol–water partition coefficient (Wildman–Crippen LogP) is 0.618. The van der Waals surface area contributed by atoms with Gasteiger partial charge in [-0.2, -0.15) is 0 Å². The maximum Gasteiger partial charge on any atom is 0.325 e. The SMILES string of the molecule is CCOC(=O)CN(C)C(=O)c1cc(C)no1. The summed E-state index contributed by atoms with van der Waals surface area (Å²) in [7, 11) is 1.50. The molecule has 0 N–H and O–H groups in total. The van der Waals surface area contributed by atoms with Crippen molar-refractivity contribution in [1.29, 1.82) is 0 Å². The van der Waals surface area contributed by atoms with Crippen molar-refractivity contribution in [2.45, 2.75) is 13.8 Å². The van der Waals surface area contributed by atoms with Gasteiger partial charge in [-0.1, -0.05) is 5.16 Å². The van der Waals surface area contributed by atoms with Crippen LogP contribution in [0.4, 0.5) is 0 Å². The Morgan fingerprint density at radius 3 is 2.75 bits per heavy atom. The van der Waals surface area contributed by atoms with Gasteiger partial charge in [0.1, 0.15) is 6.54 Å². The number of hydrogen-bond donors (Lipinski definition) is 0. The molecule has 0 saturated heterocycles. The molecule has 1 rings (SSSR count). The summed E-state index contributed by atoms with van der Waals surface area (Å²) in [5.41, 5.74) is 0.618. The van der Waals surface area contributed by atoms with Crippen LogP contribution in [0.3, 0.4) is 0 Å². The first-order valence-electron chi connectivity index (χ1n) is 4.89. The molecule has 1 aromatic heterocycles. The molecule has 1 heterocycles. The van der Waals surface area contributed by atoms with Crippen LogP contribution in [0.25, 0.3) is 0 Å². The van der Waals surface area contributed by atoms with Crippen LogP contribution in [0.2, 0.25) is 0 Å². The summed E-state index contributed by atoms with van der Waals surface area (Å²) < 4.78 is 9.52. The number of carbonyl (C=O) groups excluding carboxylic acids is 2. The molecule has 0 aliphatic heterocycles. The zero-order valence-corrected chi connectivity index (χ0v) is 9.52. The molecule has 0 aliphatic carbocycles. The number of hydrogen-bond acceptors (Lipinski definition) is 5. The number of amides is 1. The third kappa shape index (κ3) is 3.08. The van der Waals surface area contributed by atoms with E-state index in [1.807, 2.05) is 0 Å². The molecule has 0 saturated carbocycles. The molecule has 0 unspecified atom stereocenters. The summed E-state index contributed by atoms with van der Waals surface area (Å²) in [6.45, 7) is 3.61. The van der Waals surface area contributed by atoms with Gasteiger partial charge in [0.25, 0.3) is 5.91 Å². The molecule has 0 bridgehead atoms. The lowest BCUT2D eigenvalue weighted by Crippen LogP contribution is -2.32. The molecule has 0 radical (unpaired) electrons. The van der Waals surface area contributed by atoms with Crippen molar-refractivity contribution in [3.8, 4) is 0 Å². The normalized spacial score (nSPS) is 9.94. The van der Waals surface area contributed by atoms with Gasteiger partial charge in [-0.15, -0.1) is 0 Å². The first-order chi connectivity index (χ1) is 7.54.